The van der Waals surface area contributed by atoms with E-state index in [1.165, 1.54) is 38.2 Å². The molecule has 0 amide bonds. The van der Waals surface area contributed by atoms with Crippen LogP contribution in [0.2, 0.25) is 0 Å². The van der Waals surface area contributed by atoms with E-state index >= 15 is 0 Å². The third-order valence-corrected chi connectivity index (χ3v) is 7.39. The van der Waals surface area contributed by atoms with Crippen LogP contribution in [0.15, 0.2) is 0 Å². The van der Waals surface area contributed by atoms with Gasteiger partial charge in [0.05, 0.1) is 0 Å². The first-order valence-corrected chi connectivity index (χ1v) is 8.89. The standard InChI is InChI=1S/C16H31NS/c1-6-17(7-2)8-9-18-15-11-13-10-14(12(15)3)16(13,4)5/h12-15H,6-11H2,1-5H3. The predicted molar refractivity (Wildman–Crippen MR) is 83.2 cm³/mol. The lowest BCUT2D eigenvalue weighted by Crippen LogP contribution is -2.56. The zero-order chi connectivity index (χ0) is 13.3. The van der Waals surface area contributed by atoms with E-state index in [1.807, 2.05) is 0 Å². The largest absolute Gasteiger partial charge is 0.303 e. The highest BCUT2D eigenvalue weighted by Crippen LogP contribution is 2.63. The summed E-state index contributed by atoms with van der Waals surface area (Å²) < 4.78 is 0. The lowest BCUT2D eigenvalue weighted by Gasteiger charge is -2.62. The van der Waals surface area contributed by atoms with E-state index in [0.717, 1.165) is 23.0 Å². The quantitative estimate of drug-likeness (QED) is 0.713. The molecule has 0 saturated heterocycles. The number of hydrogen-bond donors (Lipinski definition) is 0. The van der Waals surface area contributed by atoms with Crippen molar-refractivity contribution >= 4 is 11.8 Å². The topological polar surface area (TPSA) is 3.24 Å². The molecule has 0 aromatic carbocycles. The molecule has 0 radical (unpaired) electrons. The van der Waals surface area contributed by atoms with Gasteiger partial charge in [-0.2, -0.15) is 11.8 Å². The molecule has 1 nitrogen and oxygen atoms in total. The van der Waals surface area contributed by atoms with Crippen LogP contribution in [0, 0.1) is 23.2 Å². The Balaban J connectivity index is 1.76. The maximum atomic E-state index is 2.55. The molecule has 4 unspecified atom stereocenters. The first kappa shape index (κ1) is 14.7. The van der Waals surface area contributed by atoms with Crippen LogP contribution in [0.3, 0.4) is 0 Å². The molecular formula is C16H31NS. The predicted octanol–water partition coefficient (Wildman–Crippen LogP) is 4.13. The number of thioether (sulfide) groups is 1. The van der Waals surface area contributed by atoms with Crippen molar-refractivity contribution in [3.05, 3.63) is 0 Å². The van der Waals surface area contributed by atoms with Crippen molar-refractivity contribution in [1.82, 2.24) is 4.90 Å². The minimum atomic E-state index is 0.648. The van der Waals surface area contributed by atoms with Crippen LogP contribution in [-0.4, -0.2) is 35.5 Å². The van der Waals surface area contributed by atoms with Gasteiger partial charge in [-0.05, 0) is 49.1 Å². The smallest absolute Gasteiger partial charge is 0.00788 e. The highest BCUT2D eigenvalue weighted by Gasteiger charge is 2.56. The normalized spacial score (nSPS) is 37.7. The summed E-state index contributed by atoms with van der Waals surface area (Å²) in [6, 6.07) is 0. The van der Waals surface area contributed by atoms with E-state index in [0.29, 0.717) is 5.41 Å². The van der Waals surface area contributed by atoms with Gasteiger partial charge in [0.1, 0.15) is 0 Å². The Morgan fingerprint density at radius 1 is 1.17 bits per heavy atom. The first-order valence-electron chi connectivity index (χ1n) is 7.84. The summed E-state index contributed by atoms with van der Waals surface area (Å²) in [6.45, 7) is 15.7. The van der Waals surface area contributed by atoms with Crippen molar-refractivity contribution < 1.29 is 0 Å². The van der Waals surface area contributed by atoms with E-state index in [2.05, 4.69) is 51.3 Å². The molecule has 3 rings (SSSR count). The van der Waals surface area contributed by atoms with Crippen molar-refractivity contribution in [2.75, 3.05) is 25.4 Å². The average Bonchev–Trinajstić information content (AvgIpc) is 2.35. The van der Waals surface area contributed by atoms with Crippen LogP contribution in [0.25, 0.3) is 0 Å². The zero-order valence-electron chi connectivity index (χ0n) is 12.9. The third-order valence-electron chi connectivity index (χ3n) is 5.92. The Labute approximate surface area is 118 Å². The van der Waals surface area contributed by atoms with Gasteiger partial charge in [0.25, 0.3) is 0 Å². The van der Waals surface area contributed by atoms with E-state index < -0.39 is 0 Å². The monoisotopic (exact) mass is 269 g/mol. The molecule has 3 aliphatic carbocycles. The van der Waals surface area contributed by atoms with Gasteiger partial charge in [-0.3, -0.25) is 0 Å². The van der Waals surface area contributed by atoms with Crippen LogP contribution in [0.4, 0.5) is 0 Å². The van der Waals surface area contributed by atoms with E-state index in [9.17, 15) is 0 Å². The summed E-state index contributed by atoms with van der Waals surface area (Å²) in [5, 5.41) is 0.942. The molecule has 3 fully saturated rings. The van der Waals surface area contributed by atoms with Gasteiger partial charge in [-0.15, -0.1) is 0 Å². The molecule has 2 heteroatoms. The SMILES string of the molecule is CCN(CC)CCSC1CC2CC(C1C)C2(C)C. The fraction of sp³-hybridized carbons (Fsp3) is 1.00. The Hall–Kier alpha value is 0.310. The maximum Gasteiger partial charge on any atom is 0.00788 e. The van der Waals surface area contributed by atoms with E-state index in [1.54, 1.807) is 0 Å². The van der Waals surface area contributed by atoms with Gasteiger partial charge in [0.2, 0.25) is 0 Å². The average molecular weight is 269 g/mol. The third kappa shape index (κ3) is 2.60. The lowest BCUT2D eigenvalue weighted by molar-refractivity contribution is -0.0950. The minimum Gasteiger partial charge on any atom is -0.303 e. The Morgan fingerprint density at radius 3 is 2.33 bits per heavy atom. The maximum absolute atomic E-state index is 2.55. The number of rotatable bonds is 6. The second-order valence-corrected chi connectivity index (χ2v) is 8.24. The molecule has 2 bridgehead atoms. The van der Waals surface area contributed by atoms with Crippen molar-refractivity contribution in [1.29, 1.82) is 0 Å². The molecule has 4 atom stereocenters. The van der Waals surface area contributed by atoms with Gasteiger partial charge < -0.3 is 4.90 Å². The zero-order valence-corrected chi connectivity index (χ0v) is 13.7. The van der Waals surface area contributed by atoms with Gasteiger partial charge >= 0.3 is 0 Å². The number of hydrogen-bond acceptors (Lipinski definition) is 2. The first-order chi connectivity index (χ1) is 8.50. The Bertz CT molecular complexity index is 272. The van der Waals surface area contributed by atoms with Gasteiger partial charge in [-0.1, -0.05) is 34.6 Å². The number of fused-ring (bicyclic) bond motifs is 2. The van der Waals surface area contributed by atoms with Crippen LogP contribution in [0.1, 0.15) is 47.5 Å². The summed E-state index contributed by atoms with van der Waals surface area (Å²) in [5.74, 6) is 4.29. The van der Waals surface area contributed by atoms with Gasteiger partial charge in [0, 0.05) is 17.5 Å². The van der Waals surface area contributed by atoms with Crippen LogP contribution in [0.5, 0.6) is 0 Å². The summed E-state index contributed by atoms with van der Waals surface area (Å²) >= 11 is 2.26. The molecule has 0 aromatic heterocycles. The summed E-state index contributed by atoms with van der Waals surface area (Å²) in [7, 11) is 0. The molecular weight excluding hydrogens is 238 g/mol. The van der Waals surface area contributed by atoms with E-state index in [4.69, 9.17) is 0 Å². The minimum absolute atomic E-state index is 0.648. The number of nitrogens with zero attached hydrogens (tertiary/aromatic N) is 1. The van der Waals surface area contributed by atoms with Crippen molar-refractivity contribution in [3.8, 4) is 0 Å². The molecule has 3 saturated carbocycles. The highest BCUT2D eigenvalue weighted by molar-refractivity contribution is 7.99. The Kier molecular flexibility index (Phi) is 4.70. The van der Waals surface area contributed by atoms with E-state index in [-0.39, 0.29) is 0 Å². The van der Waals surface area contributed by atoms with Crippen LogP contribution >= 0.6 is 11.8 Å². The Morgan fingerprint density at radius 2 is 1.83 bits per heavy atom. The lowest BCUT2D eigenvalue weighted by atomic mass is 9.46. The molecule has 18 heavy (non-hydrogen) atoms. The summed E-state index contributed by atoms with van der Waals surface area (Å²) in [5.41, 5.74) is 0.648. The molecule has 0 aromatic rings. The van der Waals surface area contributed by atoms with Gasteiger partial charge in [-0.25, -0.2) is 0 Å². The molecule has 3 aliphatic rings. The van der Waals surface area contributed by atoms with Crippen molar-refractivity contribution in [2.45, 2.75) is 52.7 Å². The van der Waals surface area contributed by atoms with Crippen LogP contribution < -0.4 is 0 Å². The van der Waals surface area contributed by atoms with Gasteiger partial charge in [0.15, 0.2) is 0 Å². The second-order valence-electron chi connectivity index (χ2n) is 6.89. The molecule has 0 aliphatic heterocycles. The summed E-state index contributed by atoms with van der Waals surface area (Å²) in [6.07, 6.45) is 2.99. The fourth-order valence-electron chi connectivity index (χ4n) is 4.20. The van der Waals surface area contributed by atoms with Crippen molar-refractivity contribution in [3.63, 3.8) is 0 Å². The summed E-state index contributed by atoms with van der Waals surface area (Å²) in [4.78, 5) is 2.55. The highest BCUT2D eigenvalue weighted by atomic mass is 32.2. The van der Waals surface area contributed by atoms with Crippen LogP contribution in [-0.2, 0) is 0 Å². The molecule has 0 N–H and O–H groups in total. The fourth-order valence-corrected chi connectivity index (χ4v) is 5.72. The second kappa shape index (κ2) is 5.75. The molecule has 0 spiro atoms. The molecule has 0 heterocycles. The molecule has 106 valence electrons. The van der Waals surface area contributed by atoms with Crippen molar-refractivity contribution in [2.24, 2.45) is 23.2 Å².